The van der Waals surface area contributed by atoms with Crippen molar-refractivity contribution in [3.05, 3.63) is 65.4 Å². The van der Waals surface area contributed by atoms with E-state index in [1.165, 1.54) is 15.8 Å². The average Bonchev–Trinajstić information content (AvgIpc) is 3.21. The Morgan fingerprint density at radius 1 is 1.04 bits per heavy atom. The molecule has 0 bridgehead atoms. The number of nitrogens with zero attached hydrogens (tertiary/aromatic N) is 3. The smallest absolute Gasteiger partial charge is 0.261 e. The summed E-state index contributed by atoms with van der Waals surface area (Å²) in [6, 6.07) is 13.2. The topological polar surface area (TPSA) is 55.2 Å². The van der Waals surface area contributed by atoms with Crippen LogP contribution in [-0.2, 0) is 7.05 Å². The third-order valence-electron chi connectivity index (χ3n) is 5.32. The number of carbonyl (C=O) groups is 2. The maximum atomic E-state index is 12.5. The van der Waals surface area contributed by atoms with Crippen molar-refractivity contribution in [2.24, 2.45) is 13.0 Å². The highest BCUT2D eigenvalue weighted by atomic mass is 16.2. The molecule has 3 aromatic rings. The summed E-state index contributed by atoms with van der Waals surface area (Å²) in [7, 11) is 1.92. The minimum Gasteiger partial charge on any atom is -0.275 e. The van der Waals surface area contributed by atoms with E-state index < -0.39 is 0 Å². The van der Waals surface area contributed by atoms with Crippen LogP contribution in [0, 0.1) is 5.92 Å². The van der Waals surface area contributed by atoms with Crippen LogP contribution in [0.25, 0.3) is 10.9 Å². The van der Waals surface area contributed by atoms with Gasteiger partial charge in [0.1, 0.15) is 0 Å². The maximum Gasteiger partial charge on any atom is 0.261 e. The lowest BCUT2D eigenvalue weighted by molar-refractivity contribution is 0.0646. The van der Waals surface area contributed by atoms with Gasteiger partial charge in [0.05, 0.1) is 16.6 Å². The molecule has 1 saturated carbocycles. The van der Waals surface area contributed by atoms with Crippen LogP contribution in [-0.4, -0.2) is 33.0 Å². The number of carbonyl (C=O) groups excluding carboxylic acids is 2. The van der Waals surface area contributed by atoms with Gasteiger partial charge in [-0.1, -0.05) is 24.3 Å². The molecule has 0 saturated heterocycles. The van der Waals surface area contributed by atoms with E-state index >= 15 is 0 Å². The predicted octanol–water partition coefficient (Wildman–Crippen LogP) is 2.97. The van der Waals surface area contributed by atoms with Crippen molar-refractivity contribution < 1.29 is 9.59 Å². The van der Waals surface area contributed by atoms with Gasteiger partial charge in [0.25, 0.3) is 11.8 Å². The van der Waals surface area contributed by atoms with Crippen molar-refractivity contribution in [2.75, 3.05) is 6.54 Å². The van der Waals surface area contributed by atoms with E-state index in [4.69, 9.17) is 0 Å². The highest BCUT2D eigenvalue weighted by Crippen LogP contribution is 2.50. The molecule has 2 heterocycles. The van der Waals surface area contributed by atoms with E-state index in [1.807, 2.05) is 30.1 Å². The van der Waals surface area contributed by atoms with Crippen LogP contribution in [0.3, 0.4) is 0 Å². The molecule has 1 aliphatic carbocycles. The number of hydrogen-bond donors (Lipinski definition) is 0. The molecule has 0 spiro atoms. The van der Waals surface area contributed by atoms with Gasteiger partial charge in [0.2, 0.25) is 0 Å². The molecule has 1 aliphatic heterocycles. The molecular weight excluding hydrogens is 314 g/mol. The largest absolute Gasteiger partial charge is 0.275 e. The molecule has 5 nitrogen and oxygen atoms in total. The van der Waals surface area contributed by atoms with Gasteiger partial charge >= 0.3 is 0 Å². The molecule has 0 N–H and O–H groups in total. The Balaban J connectivity index is 1.39. The monoisotopic (exact) mass is 331 g/mol. The molecule has 2 aliphatic rings. The highest BCUT2D eigenvalue weighted by molar-refractivity contribution is 6.21. The fraction of sp³-hybridized carbons (Fsp3) is 0.250. The quantitative estimate of drug-likeness (QED) is 0.693. The zero-order valence-corrected chi connectivity index (χ0v) is 13.8. The third-order valence-corrected chi connectivity index (χ3v) is 5.32. The molecule has 2 unspecified atom stereocenters. The molecular formula is C20H17N3O2. The summed E-state index contributed by atoms with van der Waals surface area (Å²) in [5, 5.41) is 5.63. The molecule has 1 fully saturated rings. The summed E-state index contributed by atoms with van der Waals surface area (Å²) in [5.74, 6) is 0.391. The van der Waals surface area contributed by atoms with Gasteiger partial charge in [0.15, 0.2) is 0 Å². The van der Waals surface area contributed by atoms with E-state index in [-0.39, 0.29) is 11.8 Å². The van der Waals surface area contributed by atoms with Crippen molar-refractivity contribution in [3.63, 3.8) is 0 Å². The summed E-state index contributed by atoms with van der Waals surface area (Å²) < 4.78 is 1.83. The normalized spacial score (nSPS) is 21.9. The number of fused-ring (bicyclic) bond motifs is 2. The number of aryl methyl sites for hydroxylation is 1. The minimum atomic E-state index is -0.161. The molecule has 2 aromatic carbocycles. The fourth-order valence-electron chi connectivity index (χ4n) is 3.98. The summed E-state index contributed by atoms with van der Waals surface area (Å²) in [4.78, 5) is 26.5. The third kappa shape index (κ3) is 2.12. The Morgan fingerprint density at radius 3 is 2.48 bits per heavy atom. The maximum absolute atomic E-state index is 12.5. The molecule has 5 rings (SSSR count). The first-order valence-corrected chi connectivity index (χ1v) is 8.51. The molecule has 2 amide bonds. The molecule has 124 valence electrons. The van der Waals surface area contributed by atoms with Crippen LogP contribution < -0.4 is 0 Å². The van der Waals surface area contributed by atoms with Crippen molar-refractivity contribution in [3.8, 4) is 0 Å². The van der Waals surface area contributed by atoms with Gasteiger partial charge in [-0.3, -0.25) is 19.2 Å². The van der Waals surface area contributed by atoms with Crippen molar-refractivity contribution in [1.82, 2.24) is 14.7 Å². The lowest BCUT2D eigenvalue weighted by Crippen LogP contribution is -2.32. The molecule has 0 radical (unpaired) electrons. The summed E-state index contributed by atoms with van der Waals surface area (Å²) in [6.07, 6.45) is 3.05. The Kier molecular flexibility index (Phi) is 2.89. The number of aromatic nitrogens is 2. The Bertz CT molecular complexity index is 1000. The molecule has 5 heteroatoms. The fourth-order valence-corrected chi connectivity index (χ4v) is 3.98. The number of rotatable bonds is 3. The van der Waals surface area contributed by atoms with Gasteiger partial charge in [-0.15, -0.1) is 0 Å². The van der Waals surface area contributed by atoms with Crippen molar-refractivity contribution in [1.29, 1.82) is 0 Å². The second kappa shape index (κ2) is 5.02. The van der Waals surface area contributed by atoms with Crippen LogP contribution in [0.15, 0.2) is 48.7 Å². The van der Waals surface area contributed by atoms with Crippen LogP contribution in [0.1, 0.15) is 38.6 Å². The second-order valence-corrected chi connectivity index (χ2v) is 6.95. The molecule has 1 aromatic heterocycles. The number of hydrogen-bond acceptors (Lipinski definition) is 3. The van der Waals surface area contributed by atoms with E-state index in [1.54, 1.807) is 24.3 Å². The SMILES string of the molecule is Cn1cc2c(C3CC3CN3C(=O)c4ccccc4C3=O)cccc2n1. The summed E-state index contributed by atoms with van der Waals surface area (Å²) in [5.41, 5.74) is 3.32. The standard InChI is InChI=1S/C20H17N3O2/c1-22-11-17-13(7-4-8-18(17)21-22)16-9-12(16)10-23-19(24)14-5-2-3-6-15(14)20(23)25/h2-8,11-12,16H,9-10H2,1H3. The lowest BCUT2D eigenvalue weighted by atomic mass is 10.0. The van der Waals surface area contributed by atoms with Gasteiger partial charge in [-0.2, -0.15) is 5.10 Å². The Morgan fingerprint density at radius 2 is 1.76 bits per heavy atom. The first-order chi connectivity index (χ1) is 12.1. The van der Waals surface area contributed by atoms with Gasteiger partial charge in [-0.25, -0.2) is 0 Å². The zero-order valence-electron chi connectivity index (χ0n) is 13.8. The molecule has 2 atom stereocenters. The first kappa shape index (κ1) is 14.4. The Hall–Kier alpha value is -2.95. The number of imide groups is 1. The van der Waals surface area contributed by atoms with Gasteiger partial charge in [-0.05, 0) is 42.0 Å². The van der Waals surface area contributed by atoms with E-state index in [0.717, 1.165) is 11.9 Å². The van der Waals surface area contributed by atoms with E-state index in [2.05, 4.69) is 11.2 Å². The first-order valence-electron chi connectivity index (χ1n) is 8.51. The summed E-state index contributed by atoms with van der Waals surface area (Å²) >= 11 is 0. The van der Waals surface area contributed by atoms with Gasteiger partial charge < -0.3 is 0 Å². The lowest BCUT2D eigenvalue weighted by Gasteiger charge is -2.13. The van der Waals surface area contributed by atoms with Crippen LogP contribution in [0.4, 0.5) is 0 Å². The highest BCUT2D eigenvalue weighted by Gasteiger charge is 2.45. The van der Waals surface area contributed by atoms with Crippen LogP contribution >= 0.6 is 0 Å². The number of benzene rings is 2. The van der Waals surface area contributed by atoms with E-state index in [0.29, 0.717) is 29.5 Å². The average molecular weight is 331 g/mol. The Labute approximate surface area is 144 Å². The second-order valence-electron chi connectivity index (χ2n) is 6.95. The van der Waals surface area contributed by atoms with Crippen LogP contribution in [0.2, 0.25) is 0 Å². The predicted molar refractivity (Wildman–Crippen MR) is 93.4 cm³/mol. The zero-order chi connectivity index (χ0) is 17.1. The summed E-state index contributed by atoms with van der Waals surface area (Å²) in [6.45, 7) is 0.494. The van der Waals surface area contributed by atoms with Crippen molar-refractivity contribution >= 4 is 22.7 Å². The van der Waals surface area contributed by atoms with Gasteiger partial charge in [0, 0.05) is 25.2 Å². The van der Waals surface area contributed by atoms with E-state index in [9.17, 15) is 9.59 Å². The number of amides is 2. The van der Waals surface area contributed by atoms with Crippen molar-refractivity contribution in [2.45, 2.75) is 12.3 Å². The molecule has 25 heavy (non-hydrogen) atoms. The minimum absolute atomic E-state index is 0.161. The van der Waals surface area contributed by atoms with Crippen LogP contribution in [0.5, 0.6) is 0 Å².